The van der Waals surface area contributed by atoms with Crippen molar-refractivity contribution in [1.29, 1.82) is 0 Å². The summed E-state index contributed by atoms with van der Waals surface area (Å²) in [7, 11) is 0. The van der Waals surface area contributed by atoms with Crippen LogP contribution in [-0.2, 0) is 6.42 Å². The van der Waals surface area contributed by atoms with E-state index in [2.05, 4.69) is 17.4 Å². The molecule has 88 valence electrons. The van der Waals surface area contributed by atoms with Crippen LogP contribution in [0.5, 0.6) is 5.75 Å². The smallest absolute Gasteiger partial charge is 0.119 e. The lowest BCUT2D eigenvalue weighted by Crippen LogP contribution is -2.11. The van der Waals surface area contributed by atoms with Crippen LogP contribution in [0, 0.1) is 5.92 Å². The summed E-state index contributed by atoms with van der Waals surface area (Å²) in [5, 5.41) is 15.8. The minimum absolute atomic E-state index is 0.440. The molecule has 1 aliphatic heterocycles. The summed E-state index contributed by atoms with van der Waals surface area (Å²) < 4.78 is 0. The van der Waals surface area contributed by atoms with E-state index in [-0.39, 0.29) is 0 Å². The number of benzene rings is 2. The maximum Gasteiger partial charge on any atom is 0.119 e. The van der Waals surface area contributed by atoms with E-state index >= 15 is 0 Å². The van der Waals surface area contributed by atoms with Gasteiger partial charge in [0.1, 0.15) is 5.75 Å². The van der Waals surface area contributed by atoms with Crippen LogP contribution in [0.1, 0.15) is 12.0 Å². The summed E-state index contributed by atoms with van der Waals surface area (Å²) in [5.74, 6) is 1.10. The summed E-state index contributed by atoms with van der Waals surface area (Å²) >= 11 is 0. The van der Waals surface area contributed by atoms with Crippen molar-refractivity contribution in [2.24, 2.45) is 5.92 Å². The van der Waals surface area contributed by atoms with E-state index in [4.69, 9.17) is 0 Å². The van der Waals surface area contributed by atoms with Gasteiger partial charge in [0.05, 0.1) is 0 Å². The summed E-state index contributed by atoms with van der Waals surface area (Å²) in [6, 6.07) is 12.1. The molecule has 17 heavy (non-hydrogen) atoms. The van der Waals surface area contributed by atoms with Crippen molar-refractivity contribution in [1.82, 2.24) is 5.32 Å². The van der Waals surface area contributed by atoms with Crippen LogP contribution in [0.4, 0.5) is 0 Å². The molecule has 0 aliphatic carbocycles. The summed E-state index contributed by atoms with van der Waals surface area (Å²) in [5.41, 5.74) is 1.11. The van der Waals surface area contributed by atoms with Crippen LogP contribution in [-0.4, -0.2) is 18.2 Å². The number of aromatic hydroxyl groups is 1. The lowest BCUT2D eigenvalue weighted by molar-refractivity contribution is 0.461. The zero-order valence-corrected chi connectivity index (χ0v) is 9.82. The monoisotopic (exact) mass is 227 g/mol. The van der Waals surface area contributed by atoms with Crippen LogP contribution in [0.3, 0.4) is 0 Å². The standard InChI is InChI=1S/C15H17NO/c17-15-6-5-12-3-1-2-4-13(12)14(15)9-11-7-8-16-10-11/h1-6,11,16-17H,7-10H2. The molecule has 0 amide bonds. The minimum Gasteiger partial charge on any atom is -0.508 e. The molecule has 3 rings (SSSR count). The van der Waals surface area contributed by atoms with Crippen molar-refractivity contribution in [2.45, 2.75) is 12.8 Å². The van der Waals surface area contributed by atoms with Gasteiger partial charge in [-0.25, -0.2) is 0 Å². The molecule has 2 heteroatoms. The van der Waals surface area contributed by atoms with E-state index in [0.29, 0.717) is 11.7 Å². The van der Waals surface area contributed by atoms with Gasteiger partial charge < -0.3 is 10.4 Å². The zero-order chi connectivity index (χ0) is 11.7. The van der Waals surface area contributed by atoms with Crippen LogP contribution in [0.15, 0.2) is 36.4 Å². The van der Waals surface area contributed by atoms with Gasteiger partial charge >= 0.3 is 0 Å². The van der Waals surface area contributed by atoms with E-state index in [0.717, 1.165) is 25.1 Å². The molecule has 0 saturated carbocycles. The van der Waals surface area contributed by atoms with Gasteiger partial charge in [0.15, 0.2) is 0 Å². The summed E-state index contributed by atoms with van der Waals surface area (Å²) in [6.07, 6.45) is 2.18. The van der Waals surface area contributed by atoms with E-state index in [1.165, 1.54) is 17.2 Å². The number of phenolic OH excluding ortho intramolecular Hbond substituents is 1. The Morgan fingerprint density at radius 3 is 2.88 bits per heavy atom. The molecular weight excluding hydrogens is 210 g/mol. The maximum atomic E-state index is 10.0. The number of rotatable bonds is 2. The highest BCUT2D eigenvalue weighted by atomic mass is 16.3. The molecule has 2 aromatic carbocycles. The van der Waals surface area contributed by atoms with Gasteiger partial charge in [0, 0.05) is 5.56 Å². The van der Waals surface area contributed by atoms with Crippen molar-refractivity contribution in [2.75, 3.05) is 13.1 Å². The molecule has 2 nitrogen and oxygen atoms in total. The SMILES string of the molecule is Oc1ccc2ccccc2c1CC1CCNC1. The summed E-state index contributed by atoms with van der Waals surface area (Å²) in [4.78, 5) is 0. The molecular formula is C15H17NO. The Labute approximate surface area is 101 Å². The molecule has 0 bridgehead atoms. The topological polar surface area (TPSA) is 32.3 Å². The van der Waals surface area contributed by atoms with Crippen LogP contribution < -0.4 is 5.32 Å². The number of phenols is 1. The Hall–Kier alpha value is -1.54. The predicted octanol–water partition coefficient (Wildman–Crippen LogP) is 2.70. The van der Waals surface area contributed by atoms with Crippen LogP contribution in [0.25, 0.3) is 10.8 Å². The third kappa shape index (κ3) is 2.01. The lowest BCUT2D eigenvalue weighted by Gasteiger charge is -2.13. The number of hydrogen-bond acceptors (Lipinski definition) is 2. The molecule has 1 unspecified atom stereocenters. The second-order valence-corrected chi connectivity index (χ2v) is 4.85. The number of hydrogen-bond donors (Lipinski definition) is 2. The molecule has 0 aromatic heterocycles. The fourth-order valence-corrected chi connectivity index (χ4v) is 2.72. The molecule has 1 saturated heterocycles. The molecule has 2 N–H and O–H groups in total. The molecule has 1 heterocycles. The van der Waals surface area contributed by atoms with Crippen molar-refractivity contribution in [3.05, 3.63) is 42.0 Å². The molecule has 0 radical (unpaired) electrons. The van der Waals surface area contributed by atoms with E-state index in [9.17, 15) is 5.11 Å². The molecule has 2 aromatic rings. The third-order valence-electron chi connectivity index (χ3n) is 3.67. The second kappa shape index (κ2) is 4.38. The Bertz CT molecular complexity index is 529. The Morgan fingerprint density at radius 2 is 2.06 bits per heavy atom. The van der Waals surface area contributed by atoms with Gasteiger partial charge in [-0.2, -0.15) is 0 Å². The fourth-order valence-electron chi connectivity index (χ4n) is 2.72. The number of fused-ring (bicyclic) bond motifs is 1. The van der Waals surface area contributed by atoms with Gasteiger partial charge in [-0.3, -0.25) is 0 Å². The zero-order valence-electron chi connectivity index (χ0n) is 9.82. The summed E-state index contributed by atoms with van der Waals surface area (Å²) in [6.45, 7) is 2.18. The number of nitrogens with one attached hydrogen (secondary N) is 1. The predicted molar refractivity (Wildman–Crippen MR) is 70.3 cm³/mol. The largest absolute Gasteiger partial charge is 0.508 e. The van der Waals surface area contributed by atoms with Crippen molar-refractivity contribution in [3.63, 3.8) is 0 Å². The molecule has 1 atom stereocenters. The first kappa shape index (κ1) is 10.6. The van der Waals surface area contributed by atoms with Crippen molar-refractivity contribution >= 4 is 10.8 Å². The van der Waals surface area contributed by atoms with Crippen molar-refractivity contribution < 1.29 is 5.11 Å². The highest BCUT2D eigenvalue weighted by molar-refractivity contribution is 5.87. The molecule has 1 aliphatic rings. The lowest BCUT2D eigenvalue weighted by atomic mass is 9.93. The Balaban J connectivity index is 2.03. The minimum atomic E-state index is 0.440. The van der Waals surface area contributed by atoms with E-state index in [1.54, 1.807) is 0 Å². The Kier molecular flexibility index (Phi) is 2.73. The molecule has 0 spiro atoms. The van der Waals surface area contributed by atoms with Crippen LogP contribution >= 0.6 is 0 Å². The first-order valence-corrected chi connectivity index (χ1v) is 6.25. The van der Waals surface area contributed by atoms with E-state index in [1.807, 2.05) is 24.3 Å². The Morgan fingerprint density at radius 1 is 1.18 bits per heavy atom. The molecule has 1 fully saturated rings. The van der Waals surface area contributed by atoms with Crippen molar-refractivity contribution in [3.8, 4) is 5.75 Å². The normalized spacial score (nSPS) is 19.9. The third-order valence-corrected chi connectivity index (χ3v) is 3.67. The van der Waals surface area contributed by atoms with Crippen LogP contribution in [0.2, 0.25) is 0 Å². The highest BCUT2D eigenvalue weighted by Crippen LogP contribution is 2.30. The average molecular weight is 227 g/mol. The van der Waals surface area contributed by atoms with Gasteiger partial charge in [-0.1, -0.05) is 30.3 Å². The van der Waals surface area contributed by atoms with Gasteiger partial charge in [-0.05, 0) is 48.7 Å². The highest BCUT2D eigenvalue weighted by Gasteiger charge is 2.17. The van der Waals surface area contributed by atoms with Gasteiger partial charge in [0.2, 0.25) is 0 Å². The quantitative estimate of drug-likeness (QED) is 0.826. The first-order chi connectivity index (χ1) is 8.34. The van der Waals surface area contributed by atoms with E-state index < -0.39 is 0 Å². The maximum absolute atomic E-state index is 10.0. The fraction of sp³-hybridized carbons (Fsp3) is 0.333. The second-order valence-electron chi connectivity index (χ2n) is 4.85. The first-order valence-electron chi connectivity index (χ1n) is 6.25. The van der Waals surface area contributed by atoms with Gasteiger partial charge in [0.25, 0.3) is 0 Å². The van der Waals surface area contributed by atoms with Gasteiger partial charge in [-0.15, -0.1) is 0 Å². The average Bonchev–Trinajstić information content (AvgIpc) is 2.86.